The normalized spacial score (nSPS) is 13.2. The number of amides is 4. The third-order valence-corrected chi connectivity index (χ3v) is 3.22. The smallest absolute Gasteiger partial charge is 0.254 e. The van der Waals surface area contributed by atoms with Crippen LogP contribution in [0.25, 0.3) is 0 Å². The van der Waals surface area contributed by atoms with Crippen molar-refractivity contribution >= 4 is 48.9 Å². The standard InChI is InChI=1S/C10H18N4O4S2/c1-2-14(10(18)6(4-20)8(12)16)13-9(17)5(3-19)7(11)15/h5-6,19-20H,2-4H2,1H3,(H2,11,15)(H2,12,16)(H,13,17). The summed E-state index contributed by atoms with van der Waals surface area (Å²) in [6.07, 6.45) is 0. The first-order valence-corrected chi connectivity index (χ1v) is 6.98. The van der Waals surface area contributed by atoms with Gasteiger partial charge in [-0.3, -0.25) is 29.6 Å². The largest absolute Gasteiger partial charge is 0.369 e. The average Bonchev–Trinajstić information content (AvgIpc) is 2.36. The minimum Gasteiger partial charge on any atom is -0.369 e. The summed E-state index contributed by atoms with van der Waals surface area (Å²) in [6.45, 7) is 1.66. The van der Waals surface area contributed by atoms with Crippen LogP contribution in [0.2, 0.25) is 0 Å². The van der Waals surface area contributed by atoms with Crippen molar-refractivity contribution in [3.63, 3.8) is 0 Å². The number of rotatable bonds is 7. The predicted molar refractivity (Wildman–Crippen MR) is 78.6 cm³/mol. The summed E-state index contributed by atoms with van der Waals surface area (Å²) in [5.74, 6) is -5.72. The van der Waals surface area contributed by atoms with Crippen molar-refractivity contribution in [2.45, 2.75) is 6.92 Å². The summed E-state index contributed by atoms with van der Waals surface area (Å²) >= 11 is 7.70. The Bertz CT molecular complexity index is 405. The highest BCUT2D eigenvalue weighted by Crippen LogP contribution is 2.05. The van der Waals surface area contributed by atoms with Gasteiger partial charge in [-0.25, -0.2) is 0 Å². The molecule has 0 aromatic carbocycles. The van der Waals surface area contributed by atoms with Crippen molar-refractivity contribution < 1.29 is 19.2 Å². The zero-order valence-electron chi connectivity index (χ0n) is 10.9. The highest BCUT2D eigenvalue weighted by atomic mass is 32.1. The van der Waals surface area contributed by atoms with Crippen molar-refractivity contribution in [1.82, 2.24) is 10.4 Å². The number of primary amides is 2. The van der Waals surface area contributed by atoms with Crippen molar-refractivity contribution in [2.75, 3.05) is 18.1 Å². The molecule has 0 bridgehead atoms. The first kappa shape index (κ1) is 18.6. The van der Waals surface area contributed by atoms with Gasteiger partial charge in [0.1, 0.15) is 11.8 Å². The Kier molecular flexibility index (Phi) is 8.07. The quantitative estimate of drug-likeness (QED) is 0.209. The molecule has 0 spiro atoms. The second kappa shape index (κ2) is 8.69. The van der Waals surface area contributed by atoms with Crippen molar-refractivity contribution in [2.24, 2.45) is 23.3 Å². The van der Waals surface area contributed by atoms with E-state index in [4.69, 9.17) is 11.5 Å². The molecule has 0 aliphatic rings. The average molecular weight is 322 g/mol. The lowest BCUT2D eigenvalue weighted by Gasteiger charge is -2.25. The molecule has 4 amide bonds. The number of nitrogens with zero attached hydrogens (tertiary/aromatic N) is 1. The van der Waals surface area contributed by atoms with E-state index < -0.39 is 35.5 Å². The molecule has 0 aliphatic heterocycles. The van der Waals surface area contributed by atoms with Gasteiger partial charge in [0.25, 0.3) is 11.8 Å². The van der Waals surface area contributed by atoms with E-state index in [2.05, 4.69) is 30.7 Å². The number of hydrazine groups is 1. The zero-order chi connectivity index (χ0) is 15.9. The molecule has 0 fully saturated rings. The molecule has 8 nitrogen and oxygen atoms in total. The Morgan fingerprint density at radius 3 is 1.80 bits per heavy atom. The van der Waals surface area contributed by atoms with Crippen LogP contribution in [0.5, 0.6) is 0 Å². The van der Waals surface area contributed by atoms with E-state index in [9.17, 15) is 19.2 Å². The maximum Gasteiger partial charge on any atom is 0.254 e. The summed E-state index contributed by atoms with van der Waals surface area (Å²) in [5, 5.41) is 0.896. The van der Waals surface area contributed by atoms with E-state index in [0.29, 0.717) is 0 Å². The van der Waals surface area contributed by atoms with Crippen molar-refractivity contribution in [3.8, 4) is 0 Å². The number of nitrogens with one attached hydrogen (secondary N) is 1. The van der Waals surface area contributed by atoms with Crippen molar-refractivity contribution in [3.05, 3.63) is 0 Å². The molecule has 0 heterocycles. The molecule has 2 unspecified atom stereocenters. The van der Waals surface area contributed by atoms with Gasteiger partial charge in [0, 0.05) is 18.1 Å². The van der Waals surface area contributed by atoms with Crippen LogP contribution in [0, 0.1) is 11.8 Å². The van der Waals surface area contributed by atoms with Gasteiger partial charge in [-0.15, -0.1) is 0 Å². The minimum atomic E-state index is -1.18. The van der Waals surface area contributed by atoms with Crippen molar-refractivity contribution in [1.29, 1.82) is 0 Å². The molecule has 0 aromatic rings. The molecule has 20 heavy (non-hydrogen) atoms. The number of carbonyl (C=O) groups is 4. The summed E-state index contributed by atoms with van der Waals surface area (Å²) in [7, 11) is 0. The molecular weight excluding hydrogens is 304 g/mol. The molecule has 0 saturated carbocycles. The Morgan fingerprint density at radius 1 is 1.05 bits per heavy atom. The first-order chi connectivity index (χ1) is 9.29. The Labute approximate surface area is 127 Å². The molecule has 10 heteroatoms. The Morgan fingerprint density at radius 2 is 1.50 bits per heavy atom. The van der Waals surface area contributed by atoms with Crippen LogP contribution in [-0.4, -0.2) is 46.7 Å². The fourth-order valence-corrected chi connectivity index (χ4v) is 1.96. The van der Waals surface area contributed by atoms with E-state index in [-0.39, 0.29) is 18.1 Å². The summed E-state index contributed by atoms with van der Waals surface area (Å²) in [6, 6.07) is 0. The van der Waals surface area contributed by atoms with Crippen LogP contribution in [0.4, 0.5) is 0 Å². The summed E-state index contributed by atoms with van der Waals surface area (Å²) in [4.78, 5) is 45.9. The number of carbonyl (C=O) groups excluding carboxylic acids is 4. The SMILES string of the molecule is CCN(NC(=O)C(CS)C(N)=O)C(=O)C(CS)C(N)=O. The van der Waals surface area contributed by atoms with Crippen LogP contribution in [0.15, 0.2) is 0 Å². The fraction of sp³-hybridized carbons (Fsp3) is 0.600. The number of hydrogen-bond donors (Lipinski definition) is 5. The lowest BCUT2D eigenvalue weighted by molar-refractivity contribution is -0.149. The van der Waals surface area contributed by atoms with Crippen LogP contribution in [-0.2, 0) is 19.2 Å². The third-order valence-electron chi connectivity index (χ3n) is 2.49. The molecule has 0 aliphatic carbocycles. The molecule has 0 saturated heterocycles. The highest BCUT2D eigenvalue weighted by Gasteiger charge is 2.30. The predicted octanol–water partition coefficient (Wildman–Crippen LogP) is -2.07. The molecule has 114 valence electrons. The Hall–Kier alpha value is -1.42. The summed E-state index contributed by atoms with van der Waals surface area (Å²) < 4.78 is 0. The van der Waals surface area contributed by atoms with Crippen LogP contribution >= 0.6 is 25.3 Å². The van der Waals surface area contributed by atoms with E-state index in [1.807, 2.05) is 0 Å². The van der Waals surface area contributed by atoms with E-state index in [1.165, 1.54) is 0 Å². The van der Waals surface area contributed by atoms with E-state index in [0.717, 1.165) is 5.01 Å². The molecule has 0 aromatic heterocycles. The summed E-state index contributed by atoms with van der Waals surface area (Å²) in [5.41, 5.74) is 12.3. The van der Waals surface area contributed by atoms with Gasteiger partial charge in [-0.2, -0.15) is 25.3 Å². The van der Waals surface area contributed by atoms with Gasteiger partial charge in [0.15, 0.2) is 0 Å². The second-order valence-corrected chi connectivity index (χ2v) is 4.56. The maximum absolute atomic E-state index is 12.0. The zero-order valence-corrected chi connectivity index (χ0v) is 12.7. The first-order valence-electron chi connectivity index (χ1n) is 5.72. The van der Waals surface area contributed by atoms with E-state index in [1.54, 1.807) is 6.92 Å². The topological polar surface area (TPSA) is 136 Å². The molecule has 0 radical (unpaired) electrons. The van der Waals surface area contributed by atoms with Crippen LogP contribution < -0.4 is 16.9 Å². The van der Waals surface area contributed by atoms with Gasteiger partial charge in [0.2, 0.25) is 11.8 Å². The number of hydrogen-bond acceptors (Lipinski definition) is 6. The lowest BCUT2D eigenvalue weighted by atomic mass is 10.1. The second-order valence-electron chi connectivity index (χ2n) is 3.83. The fourth-order valence-electron chi connectivity index (χ4n) is 1.28. The van der Waals surface area contributed by atoms with Gasteiger partial charge in [0.05, 0.1) is 0 Å². The molecular formula is C10H18N4O4S2. The monoisotopic (exact) mass is 322 g/mol. The van der Waals surface area contributed by atoms with Crippen LogP contribution in [0.3, 0.4) is 0 Å². The van der Waals surface area contributed by atoms with E-state index >= 15 is 0 Å². The van der Waals surface area contributed by atoms with Gasteiger partial charge >= 0.3 is 0 Å². The molecule has 2 atom stereocenters. The van der Waals surface area contributed by atoms with Gasteiger partial charge in [-0.05, 0) is 6.92 Å². The number of nitrogens with two attached hydrogens (primary N) is 2. The highest BCUT2D eigenvalue weighted by molar-refractivity contribution is 7.80. The lowest BCUT2D eigenvalue weighted by Crippen LogP contribution is -2.54. The van der Waals surface area contributed by atoms with Gasteiger partial charge in [-0.1, -0.05) is 0 Å². The molecule has 5 N–H and O–H groups in total. The molecule has 0 rings (SSSR count). The third kappa shape index (κ3) is 4.93. The number of thiol groups is 2. The minimum absolute atomic E-state index is 0.0835. The van der Waals surface area contributed by atoms with Crippen LogP contribution in [0.1, 0.15) is 6.92 Å². The maximum atomic E-state index is 12.0. The van der Waals surface area contributed by atoms with Gasteiger partial charge < -0.3 is 11.5 Å². The Balaban J connectivity index is 4.94.